The number of allylic oxidation sites excluding steroid dienone is 4. The van der Waals surface area contributed by atoms with E-state index in [0.29, 0.717) is 29.6 Å². The zero-order valence-corrected chi connectivity index (χ0v) is 19.2. The average molecular weight is 407 g/mol. The highest BCUT2D eigenvalue weighted by Crippen LogP contribution is 2.45. The second kappa shape index (κ2) is 9.52. The van der Waals surface area contributed by atoms with Gasteiger partial charge in [-0.15, -0.1) is 0 Å². The smallest absolute Gasteiger partial charge is 0.00579 e. The van der Waals surface area contributed by atoms with Gasteiger partial charge in [0.15, 0.2) is 0 Å². The third kappa shape index (κ3) is 4.59. The Morgan fingerprint density at radius 3 is 1.55 bits per heavy atom. The zero-order chi connectivity index (χ0) is 21.8. The summed E-state index contributed by atoms with van der Waals surface area (Å²) in [6.45, 7) is 9.55. The summed E-state index contributed by atoms with van der Waals surface area (Å²) >= 11 is 0. The molecule has 0 saturated carbocycles. The van der Waals surface area contributed by atoms with Crippen molar-refractivity contribution in [3.8, 4) is 0 Å². The maximum atomic E-state index is 2.57. The Balaban J connectivity index is 1.75. The second-order valence-corrected chi connectivity index (χ2v) is 9.14. The fourth-order valence-electron chi connectivity index (χ4n) is 5.17. The van der Waals surface area contributed by atoms with Gasteiger partial charge in [-0.05, 0) is 40.0 Å². The summed E-state index contributed by atoms with van der Waals surface area (Å²) in [5, 5.41) is 0. The summed E-state index contributed by atoms with van der Waals surface area (Å²) in [6.07, 6.45) is 5.08. The molecular weight excluding hydrogens is 372 g/mol. The standard InChI is InChI=1S/C31H34/c1-22(26-14-8-5-9-15-26)29-20-30(23(2)27-16-10-6-11-17-27)25(4)31(21-29)24(3)28-18-12-7-13-19-28/h5-25,30H,1-4H3. The van der Waals surface area contributed by atoms with Crippen molar-refractivity contribution in [2.24, 2.45) is 11.8 Å². The van der Waals surface area contributed by atoms with E-state index >= 15 is 0 Å². The van der Waals surface area contributed by atoms with Crippen molar-refractivity contribution >= 4 is 0 Å². The minimum absolute atomic E-state index is 0.386. The largest absolute Gasteiger partial charge is 0.0764 e. The van der Waals surface area contributed by atoms with Crippen LogP contribution in [0.4, 0.5) is 0 Å². The fourth-order valence-corrected chi connectivity index (χ4v) is 5.17. The van der Waals surface area contributed by atoms with Crippen molar-refractivity contribution in [1.82, 2.24) is 0 Å². The van der Waals surface area contributed by atoms with E-state index in [9.17, 15) is 0 Å². The van der Waals surface area contributed by atoms with Crippen LogP contribution in [0.25, 0.3) is 0 Å². The van der Waals surface area contributed by atoms with Gasteiger partial charge in [-0.3, -0.25) is 0 Å². The first-order chi connectivity index (χ1) is 15.1. The zero-order valence-electron chi connectivity index (χ0n) is 19.2. The molecule has 5 unspecified atom stereocenters. The molecule has 31 heavy (non-hydrogen) atoms. The van der Waals surface area contributed by atoms with E-state index in [1.165, 1.54) is 22.3 Å². The van der Waals surface area contributed by atoms with Crippen LogP contribution in [0, 0.1) is 11.8 Å². The second-order valence-electron chi connectivity index (χ2n) is 9.14. The van der Waals surface area contributed by atoms with Crippen molar-refractivity contribution in [3.63, 3.8) is 0 Å². The summed E-state index contributed by atoms with van der Waals surface area (Å²) < 4.78 is 0. The molecule has 0 heterocycles. The van der Waals surface area contributed by atoms with Gasteiger partial charge >= 0.3 is 0 Å². The van der Waals surface area contributed by atoms with E-state index < -0.39 is 0 Å². The molecule has 3 aromatic carbocycles. The van der Waals surface area contributed by atoms with Gasteiger partial charge in [0.1, 0.15) is 0 Å². The first-order valence-electron chi connectivity index (χ1n) is 11.6. The summed E-state index contributed by atoms with van der Waals surface area (Å²) in [4.78, 5) is 0. The molecule has 158 valence electrons. The monoisotopic (exact) mass is 406 g/mol. The quantitative estimate of drug-likeness (QED) is 0.385. The van der Waals surface area contributed by atoms with Crippen LogP contribution < -0.4 is 0 Å². The molecular formula is C31H34. The van der Waals surface area contributed by atoms with E-state index in [1.807, 2.05) is 0 Å². The first kappa shape index (κ1) is 21.4. The van der Waals surface area contributed by atoms with Crippen LogP contribution in [-0.2, 0) is 0 Å². The van der Waals surface area contributed by atoms with E-state index in [-0.39, 0.29) is 0 Å². The van der Waals surface area contributed by atoms with E-state index in [1.54, 1.807) is 5.57 Å². The summed E-state index contributed by atoms with van der Waals surface area (Å²) in [5.41, 5.74) is 7.22. The molecule has 0 spiro atoms. The molecule has 0 aromatic heterocycles. The van der Waals surface area contributed by atoms with Crippen molar-refractivity contribution in [1.29, 1.82) is 0 Å². The van der Waals surface area contributed by atoms with E-state index in [0.717, 1.165) is 0 Å². The average Bonchev–Trinajstić information content (AvgIpc) is 2.84. The van der Waals surface area contributed by atoms with Gasteiger partial charge in [-0.1, -0.05) is 136 Å². The predicted octanol–water partition coefficient (Wildman–Crippen LogP) is 8.52. The third-order valence-corrected chi connectivity index (χ3v) is 7.32. The highest BCUT2D eigenvalue weighted by Gasteiger charge is 2.32. The van der Waals surface area contributed by atoms with E-state index in [2.05, 4.69) is 131 Å². The SMILES string of the molecule is CC(C1=CC(C(C)c2ccccc2)C(C)C(C(C)c2ccccc2)=C1)c1ccccc1. The number of hydrogen-bond acceptors (Lipinski definition) is 0. The Morgan fingerprint density at radius 2 is 1.03 bits per heavy atom. The predicted molar refractivity (Wildman–Crippen MR) is 133 cm³/mol. The van der Waals surface area contributed by atoms with Gasteiger partial charge in [0.05, 0.1) is 0 Å². The highest BCUT2D eigenvalue weighted by molar-refractivity contribution is 5.44. The first-order valence-corrected chi connectivity index (χ1v) is 11.6. The van der Waals surface area contributed by atoms with Crippen molar-refractivity contribution in [3.05, 3.63) is 131 Å². The molecule has 0 saturated heterocycles. The van der Waals surface area contributed by atoms with Crippen LogP contribution in [0.15, 0.2) is 114 Å². The summed E-state index contributed by atoms with van der Waals surface area (Å²) in [6, 6.07) is 32.9. The van der Waals surface area contributed by atoms with Gasteiger partial charge in [-0.2, -0.15) is 0 Å². The molecule has 4 rings (SSSR count). The van der Waals surface area contributed by atoms with Gasteiger partial charge in [0.25, 0.3) is 0 Å². The van der Waals surface area contributed by atoms with Crippen molar-refractivity contribution < 1.29 is 0 Å². The highest BCUT2D eigenvalue weighted by atomic mass is 14.4. The van der Waals surface area contributed by atoms with Gasteiger partial charge in [0, 0.05) is 11.8 Å². The molecule has 5 atom stereocenters. The van der Waals surface area contributed by atoms with Crippen LogP contribution in [0.2, 0.25) is 0 Å². The Labute approximate surface area is 188 Å². The number of benzene rings is 3. The third-order valence-electron chi connectivity index (χ3n) is 7.32. The molecule has 1 aliphatic rings. The fraction of sp³-hybridized carbons (Fsp3) is 0.290. The Kier molecular flexibility index (Phi) is 6.56. The maximum Gasteiger partial charge on any atom is 0.00579 e. The Morgan fingerprint density at radius 1 is 0.581 bits per heavy atom. The van der Waals surface area contributed by atoms with Crippen LogP contribution in [-0.4, -0.2) is 0 Å². The molecule has 0 heteroatoms. The van der Waals surface area contributed by atoms with Crippen molar-refractivity contribution in [2.75, 3.05) is 0 Å². The number of hydrogen-bond donors (Lipinski definition) is 0. The molecule has 0 fully saturated rings. The summed E-state index contributed by atoms with van der Waals surface area (Å²) in [5.74, 6) is 2.25. The van der Waals surface area contributed by atoms with E-state index in [4.69, 9.17) is 0 Å². The topological polar surface area (TPSA) is 0 Å². The minimum Gasteiger partial charge on any atom is -0.0764 e. The van der Waals surface area contributed by atoms with Gasteiger partial charge < -0.3 is 0 Å². The maximum absolute atomic E-state index is 2.57. The molecule has 0 radical (unpaired) electrons. The molecule has 1 aliphatic carbocycles. The molecule has 0 amide bonds. The summed E-state index contributed by atoms with van der Waals surface area (Å²) in [7, 11) is 0. The lowest BCUT2D eigenvalue weighted by Crippen LogP contribution is -2.25. The Hall–Kier alpha value is -2.86. The number of rotatable bonds is 6. The molecule has 0 nitrogen and oxygen atoms in total. The van der Waals surface area contributed by atoms with Crippen LogP contribution in [0.3, 0.4) is 0 Å². The Bertz CT molecular complexity index is 1030. The molecule has 0 bridgehead atoms. The molecule has 0 aliphatic heterocycles. The van der Waals surface area contributed by atoms with Crippen LogP contribution in [0.1, 0.15) is 62.1 Å². The van der Waals surface area contributed by atoms with Gasteiger partial charge in [0.2, 0.25) is 0 Å². The lowest BCUT2D eigenvalue weighted by Gasteiger charge is -2.37. The van der Waals surface area contributed by atoms with Crippen LogP contribution in [0.5, 0.6) is 0 Å². The minimum atomic E-state index is 0.386. The molecule has 0 N–H and O–H groups in total. The normalized spacial score (nSPS) is 21.5. The molecule has 3 aromatic rings. The van der Waals surface area contributed by atoms with Crippen molar-refractivity contribution in [2.45, 2.75) is 45.4 Å². The van der Waals surface area contributed by atoms with Gasteiger partial charge in [-0.25, -0.2) is 0 Å². The van der Waals surface area contributed by atoms with Crippen LogP contribution >= 0.6 is 0 Å². The lowest BCUT2D eigenvalue weighted by molar-refractivity contribution is 0.399. The lowest BCUT2D eigenvalue weighted by atomic mass is 9.67.